The number of aliphatic hydroxyl groups is 1. The molecule has 16 heavy (non-hydrogen) atoms. The van der Waals surface area contributed by atoms with E-state index in [4.69, 9.17) is 0 Å². The smallest absolute Gasteiger partial charge is 0.0761 e. The zero-order valence-electron chi connectivity index (χ0n) is 10.4. The molecule has 90 valence electrons. The van der Waals surface area contributed by atoms with Gasteiger partial charge in [-0.25, -0.2) is 0 Å². The minimum Gasteiger partial charge on any atom is -0.389 e. The van der Waals surface area contributed by atoms with E-state index in [2.05, 4.69) is 26.0 Å². The Kier molecular flexibility index (Phi) is 5.93. The molecule has 1 unspecified atom stereocenters. The third-order valence-electron chi connectivity index (χ3n) is 2.56. The van der Waals surface area contributed by atoms with Crippen molar-refractivity contribution in [1.29, 1.82) is 0 Å². The van der Waals surface area contributed by atoms with Crippen molar-refractivity contribution in [2.45, 2.75) is 44.6 Å². The van der Waals surface area contributed by atoms with E-state index in [-0.39, 0.29) is 6.10 Å². The highest BCUT2D eigenvalue weighted by Gasteiger charge is 2.00. The Bertz CT molecular complexity index is 290. The summed E-state index contributed by atoms with van der Waals surface area (Å²) in [6.45, 7) is 6.33. The van der Waals surface area contributed by atoms with Crippen molar-refractivity contribution in [2.24, 2.45) is 5.92 Å². The predicted molar refractivity (Wildman–Crippen MR) is 71.9 cm³/mol. The van der Waals surface area contributed by atoms with E-state index in [1.54, 1.807) is 6.92 Å². The number of thioether (sulfide) groups is 1. The second-order valence-corrected chi connectivity index (χ2v) is 5.80. The van der Waals surface area contributed by atoms with Gasteiger partial charge < -0.3 is 5.11 Å². The fourth-order valence-electron chi connectivity index (χ4n) is 1.52. The zero-order valence-corrected chi connectivity index (χ0v) is 11.3. The number of hydrogen-bond acceptors (Lipinski definition) is 2. The molecule has 0 aliphatic heterocycles. The summed E-state index contributed by atoms with van der Waals surface area (Å²) in [5.41, 5.74) is 0.992. The zero-order chi connectivity index (χ0) is 12.0. The number of rotatable bonds is 6. The van der Waals surface area contributed by atoms with Crippen molar-refractivity contribution in [1.82, 2.24) is 0 Å². The molecule has 0 heterocycles. The predicted octanol–water partition coefficient (Wildman–Crippen LogP) is 4.27. The first-order chi connectivity index (χ1) is 7.59. The molecule has 0 bridgehead atoms. The summed E-state index contributed by atoms with van der Waals surface area (Å²) in [6.07, 6.45) is 2.22. The number of aliphatic hydroxyl groups excluding tert-OH is 1. The van der Waals surface area contributed by atoms with Gasteiger partial charge in [0.05, 0.1) is 6.10 Å². The van der Waals surface area contributed by atoms with Gasteiger partial charge in [0, 0.05) is 4.90 Å². The van der Waals surface area contributed by atoms with Crippen LogP contribution in [0.5, 0.6) is 0 Å². The van der Waals surface area contributed by atoms with Gasteiger partial charge in [-0.15, -0.1) is 11.8 Å². The highest BCUT2D eigenvalue weighted by molar-refractivity contribution is 7.99. The summed E-state index contributed by atoms with van der Waals surface area (Å²) in [5.74, 6) is 1.99. The van der Waals surface area contributed by atoms with Crippen molar-refractivity contribution < 1.29 is 5.11 Å². The van der Waals surface area contributed by atoms with Gasteiger partial charge in [0.1, 0.15) is 0 Å². The Morgan fingerprint density at radius 1 is 1.12 bits per heavy atom. The van der Waals surface area contributed by atoms with Crippen LogP contribution < -0.4 is 0 Å². The van der Waals surface area contributed by atoms with Gasteiger partial charge in [-0.2, -0.15) is 0 Å². The highest BCUT2D eigenvalue weighted by atomic mass is 32.2. The molecule has 1 atom stereocenters. The fraction of sp³-hybridized carbons (Fsp3) is 0.571. The van der Waals surface area contributed by atoms with E-state index < -0.39 is 0 Å². The van der Waals surface area contributed by atoms with E-state index in [1.807, 2.05) is 23.9 Å². The molecule has 0 saturated carbocycles. The fourth-order valence-corrected chi connectivity index (χ4v) is 2.40. The second kappa shape index (κ2) is 6.97. The molecular weight excluding hydrogens is 216 g/mol. The van der Waals surface area contributed by atoms with Crippen LogP contribution in [-0.4, -0.2) is 10.9 Å². The molecule has 1 nitrogen and oxygen atoms in total. The molecule has 0 aliphatic carbocycles. The van der Waals surface area contributed by atoms with Gasteiger partial charge in [-0.05, 0) is 42.7 Å². The number of hydrogen-bond donors (Lipinski definition) is 1. The standard InChI is InChI=1S/C14H22OS/c1-11(2)5-4-10-16-14-8-6-13(7-9-14)12(3)15/h6-9,11-12,15H,4-5,10H2,1-3H3. The maximum atomic E-state index is 9.38. The van der Waals surface area contributed by atoms with E-state index in [9.17, 15) is 5.11 Å². The van der Waals surface area contributed by atoms with Crippen LogP contribution in [-0.2, 0) is 0 Å². The van der Waals surface area contributed by atoms with Crippen LogP contribution in [0.25, 0.3) is 0 Å². The Morgan fingerprint density at radius 3 is 2.25 bits per heavy atom. The molecule has 0 radical (unpaired) electrons. The van der Waals surface area contributed by atoms with Crippen LogP contribution in [0.3, 0.4) is 0 Å². The quantitative estimate of drug-likeness (QED) is 0.590. The van der Waals surface area contributed by atoms with Crippen LogP contribution in [0.2, 0.25) is 0 Å². The minimum absolute atomic E-state index is 0.361. The lowest BCUT2D eigenvalue weighted by Gasteiger charge is -2.07. The SMILES string of the molecule is CC(C)CCCSc1ccc(C(C)O)cc1. The van der Waals surface area contributed by atoms with Crippen molar-refractivity contribution in [3.05, 3.63) is 29.8 Å². The van der Waals surface area contributed by atoms with Crippen LogP contribution in [0.15, 0.2) is 29.2 Å². The van der Waals surface area contributed by atoms with E-state index >= 15 is 0 Å². The van der Waals surface area contributed by atoms with Gasteiger partial charge >= 0.3 is 0 Å². The van der Waals surface area contributed by atoms with E-state index in [0.29, 0.717) is 0 Å². The average Bonchev–Trinajstić information content (AvgIpc) is 2.25. The van der Waals surface area contributed by atoms with Crippen LogP contribution >= 0.6 is 11.8 Å². The maximum Gasteiger partial charge on any atom is 0.0761 e. The molecule has 0 saturated heterocycles. The molecule has 1 rings (SSSR count). The lowest BCUT2D eigenvalue weighted by atomic mass is 10.1. The first-order valence-corrected chi connectivity index (χ1v) is 6.99. The first kappa shape index (κ1) is 13.6. The van der Waals surface area contributed by atoms with Crippen molar-refractivity contribution in [2.75, 3.05) is 5.75 Å². The first-order valence-electron chi connectivity index (χ1n) is 6.00. The van der Waals surface area contributed by atoms with Gasteiger partial charge in [0.25, 0.3) is 0 Å². The Morgan fingerprint density at radius 2 is 1.75 bits per heavy atom. The summed E-state index contributed by atoms with van der Waals surface area (Å²) in [6, 6.07) is 8.22. The minimum atomic E-state index is -0.361. The molecule has 0 fully saturated rings. The Hall–Kier alpha value is -0.470. The van der Waals surface area contributed by atoms with Gasteiger partial charge in [0.2, 0.25) is 0 Å². The number of benzene rings is 1. The van der Waals surface area contributed by atoms with Crippen LogP contribution in [0, 0.1) is 5.92 Å². The Labute approximate surface area is 103 Å². The summed E-state index contributed by atoms with van der Waals surface area (Å²) in [5, 5.41) is 9.38. The maximum absolute atomic E-state index is 9.38. The summed E-state index contributed by atoms with van der Waals surface area (Å²) in [4.78, 5) is 1.30. The lowest BCUT2D eigenvalue weighted by molar-refractivity contribution is 0.199. The van der Waals surface area contributed by atoms with Gasteiger partial charge in [0.15, 0.2) is 0 Å². The highest BCUT2D eigenvalue weighted by Crippen LogP contribution is 2.22. The monoisotopic (exact) mass is 238 g/mol. The molecule has 0 spiro atoms. The summed E-state index contributed by atoms with van der Waals surface area (Å²) >= 11 is 1.90. The van der Waals surface area contributed by atoms with E-state index in [0.717, 1.165) is 11.5 Å². The third kappa shape index (κ3) is 5.04. The molecule has 1 N–H and O–H groups in total. The van der Waals surface area contributed by atoms with Crippen molar-refractivity contribution in [3.8, 4) is 0 Å². The lowest BCUT2D eigenvalue weighted by Crippen LogP contribution is -1.91. The molecule has 1 aromatic rings. The average molecular weight is 238 g/mol. The topological polar surface area (TPSA) is 20.2 Å². The third-order valence-corrected chi connectivity index (χ3v) is 3.66. The van der Waals surface area contributed by atoms with Crippen LogP contribution in [0.1, 0.15) is 45.3 Å². The van der Waals surface area contributed by atoms with Crippen molar-refractivity contribution >= 4 is 11.8 Å². The summed E-state index contributed by atoms with van der Waals surface area (Å²) in [7, 11) is 0. The van der Waals surface area contributed by atoms with Crippen LogP contribution in [0.4, 0.5) is 0 Å². The molecule has 2 heteroatoms. The Balaban J connectivity index is 2.32. The van der Waals surface area contributed by atoms with Crippen molar-refractivity contribution in [3.63, 3.8) is 0 Å². The molecule has 1 aromatic carbocycles. The van der Waals surface area contributed by atoms with Gasteiger partial charge in [-0.1, -0.05) is 32.4 Å². The molecule has 0 aliphatic rings. The molecular formula is C14H22OS. The molecule has 0 aromatic heterocycles. The van der Waals surface area contributed by atoms with E-state index in [1.165, 1.54) is 23.5 Å². The van der Waals surface area contributed by atoms with Gasteiger partial charge in [-0.3, -0.25) is 0 Å². The molecule has 0 amide bonds. The summed E-state index contributed by atoms with van der Waals surface area (Å²) < 4.78 is 0. The largest absolute Gasteiger partial charge is 0.389 e. The second-order valence-electron chi connectivity index (χ2n) is 4.63. The normalized spacial score (nSPS) is 13.1.